The average molecular weight is 451 g/mol. The molecule has 0 aliphatic rings. The molecule has 4 rings (SSSR count). The number of hydrogen-bond acceptors (Lipinski definition) is 6. The SMILES string of the molecule is O=C(CSc1nc2c(-c3ccco3)cc(C(F)(F)F)nc2o1)NCc1ccc(F)cc1. The van der Waals surface area contributed by atoms with Crippen LogP contribution in [0.4, 0.5) is 17.6 Å². The summed E-state index contributed by atoms with van der Waals surface area (Å²) >= 11 is 0.909. The van der Waals surface area contributed by atoms with Gasteiger partial charge >= 0.3 is 6.18 Å². The maximum atomic E-state index is 13.2. The van der Waals surface area contributed by atoms with Gasteiger partial charge in [0.1, 0.15) is 22.8 Å². The van der Waals surface area contributed by atoms with E-state index in [2.05, 4.69) is 15.3 Å². The van der Waals surface area contributed by atoms with E-state index in [4.69, 9.17) is 8.83 Å². The number of amides is 1. The van der Waals surface area contributed by atoms with Crippen molar-refractivity contribution in [2.45, 2.75) is 17.9 Å². The number of thioether (sulfide) groups is 1. The lowest BCUT2D eigenvalue weighted by atomic mass is 10.1. The molecule has 0 radical (unpaired) electrons. The Hall–Kier alpha value is -3.34. The fraction of sp³-hybridized carbons (Fsp3) is 0.150. The highest BCUT2D eigenvalue weighted by Gasteiger charge is 2.35. The van der Waals surface area contributed by atoms with Crippen LogP contribution >= 0.6 is 11.8 Å². The highest BCUT2D eigenvalue weighted by Crippen LogP contribution is 2.36. The zero-order chi connectivity index (χ0) is 22.0. The maximum Gasteiger partial charge on any atom is 0.433 e. The Morgan fingerprint density at radius 3 is 2.58 bits per heavy atom. The quantitative estimate of drug-likeness (QED) is 0.326. The van der Waals surface area contributed by atoms with Crippen molar-refractivity contribution in [2.24, 2.45) is 0 Å². The largest absolute Gasteiger partial charge is 0.464 e. The number of pyridine rings is 1. The first-order valence-corrected chi connectivity index (χ1v) is 9.85. The number of nitrogens with zero attached hydrogens (tertiary/aromatic N) is 2. The second-order valence-corrected chi connectivity index (χ2v) is 7.28. The number of furan rings is 1. The summed E-state index contributed by atoms with van der Waals surface area (Å²) in [6.45, 7) is 0.201. The third kappa shape index (κ3) is 4.88. The summed E-state index contributed by atoms with van der Waals surface area (Å²) in [5.74, 6) is -0.639. The minimum atomic E-state index is -4.68. The van der Waals surface area contributed by atoms with E-state index in [1.54, 1.807) is 12.1 Å². The summed E-state index contributed by atoms with van der Waals surface area (Å²) < 4.78 is 63.1. The molecule has 0 unspecified atom stereocenters. The van der Waals surface area contributed by atoms with Gasteiger partial charge in [0.05, 0.1) is 17.6 Å². The van der Waals surface area contributed by atoms with Crippen LogP contribution in [0.25, 0.3) is 22.6 Å². The molecule has 0 atom stereocenters. The van der Waals surface area contributed by atoms with Gasteiger partial charge in [-0.2, -0.15) is 13.2 Å². The fourth-order valence-corrected chi connectivity index (χ4v) is 3.35. The number of benzene rings is 1. The number of halogens is 4. The van der Waals surface area contributed by atoms with Gasteiger partial charge in [0.2, 0.25) is 11.6 Å². The Labute approximate surface area is 176 Å². The number of nitrogens with one attached hydrogen (secondary N) is 1. The smallest absolute Gasteiger partial charge is 0.433 e. The number of hydrogen-bond donors (Lipinski definition) is 1. The first-order valence-electron chi connectivity index (χ1n) is 8.86. The highest BCUT2D eigenvalue weighted by molar-refractivity contribution is 7.99. The summed E-state index contributed by atoms with van der Waals surface area (Å²) in [6, 6.07) is 9.54. The molecular weight excluding hydrogens is 438 g/mol. The minimum Gasteiger partial charge on any atom is -0.464 e. The summed E-state index contributed by atoms with van der Waals surface area (Å²) in [4.78, 5) is 19.7. The van der Waals surface area contributed by atoms with E-state index < -0.39 is 11.9 Å². The van der Waals surface area contributed by atoms with E-state index in [-0.39, 0.29) is 51.8 Å². The van der Waals surface area contributed by atoms with Crippen LogP contribution in [0.2, 0.25) is 0 Å². The highest BCUT2D eigenvalue weighted by atomic mass is 32.2. The van der Waals surface area contributed by atoms with E-state index in [1.165, 1.54) is 30.5 Å². The molecule has 31 heavy (non-hydrogen) atoms. The molecular formula is C20H13F4N3O3S. The van der Waals surface area contributed by atoms with Gasteiger partial charge in [-0.25, -0.2) is 14.4 Å². The topological polar surface area (TPSA) is 81.2 Å². The molecule has 0 aliphatic heterocycles. The van der Waals surface area contributed by atoms with Crippen molar-refractivity contribution < 1.29 is 31.2 Å². The molecule has 160 valence electrons. The molecule has 1 aromatic carbocycles. The standard InChI is InChI=1S/C20H13F4N3O3S/c21-12-5-3-11(4-6-12)9-25-16(28)10-31-19-27-17-13(14-2-1-7-29-14)8-15(20(22,23)24)26-18(17)30-19/h1-8H,9-10H2,(H,25,28). The van der Waals surface area contributed by atoms with E-state index >= 15 is 0 Å². The number of rotatable bonds is 6. The molecule has 11 heteroatoms. The van der Waals surface area contributed by atoms with Gasteiger partial charge in [0, 0.05) is 6.54 Å². The molecule has 0 saturated carbocycles. The van der Waals surface area contributed by atoms with Crippen molar-refractivity contribution in [1.29, 1.82) is 0 Å². The molecule has 0 fully saturated rings. The summed E-state index contributed by atoms with van der Waals surface area (Å²) in [5, 5.41) is 2.65. The molecule has 0 bridgehead atoms. The lowest BCUT2D eigenvalue weighted by Gasteiger charge is -2.06. The van der Waals surface area contributed by atoms with Crippen LogP contribution in [-0.2, 0) is 17.5 Å². The van der Waals surface area contributed by atoms with E-state index in [1.807, 2.05) is 0 Å². The van der Waals surface area contributed by atoms with Crippen LogP contribution in [0.3, 0.4) is 0 Å². The van der Waals surface area contributed by atoms with Crippen molar-refractivity contribution in [1.82, 2.24) is 15.3 Å². The Balaban J connectivity index is 1.50. The zero-order valence-electron chi connectivity index (χ0n) is 15.6. The average Bonchev–Trinajstić information content (AvgIpc) is 3.40. The Bertz CT molecular complexity index is 1210. The normalized spacial score (nSPS) is 11.7. The van der Waals surface area contributed by atoms with Crippen molar-refractivity contribution in [2.75, 3.05) is 5.75 Å². The second kappa shape index (κ2) is 8.42. The molecule has 0 spiro atoms. The number of fused-ring (bicyclic) bond motifs is 1. The Morgan fingerprint density at radius 2 is 1.90 bits per heavy atom. The van der Waals surface area contributed by atoms with Gasteiger partial charge in [0.15, 0.2) is 0 Å². The van der Waals surface area contributed by atoms with Gasteiger partial charge in [-0.3, -0.25) is 4.79 Å². The lowest BCUT2D eigenvalue weighted by Crippen LogP contribution is -2.24. The number of alkyl halides is 3. The Morgan fingerprint density at radius 1 is 1.13 bits per heavy atom. The van der Waals surface area contributed by atoms with Gasteiger partial charge in [0.25, 0.3) is 5.22 Å². The van der Waals surface area contributed by atoms with Crippen molar-refractivity contribution in [3.63, 3.8) is 0 Å². The molecule has 6 nitrogen and oxygen atoms in total. The first kappa shape index (κ1) is 20.9. The summed E-state index contributed by atoms with van der Waals surface area (Å²) in [7, 11) is 0. The van der Waals surface area contributed by atoms with Crippen LogP contribution in [0.1, 0.15) is 11.3 Å². The molecule has 4 aromatic rings. The summed E-state index contributed by atoms with van der Waals surface area (Å²) in [6.07, 6.45) is -3.36. The number of oxazole rings is 1. The van der Waals surface area contributed by atoms with Crippen molar-refractivity contribution in [3.05, 3.63) is 65.8 Å². The molecule has 1 N–H and O–H groups in total. The fourth-order valence-electron chi connectivity index (χ4n) is 2.70. The maximum absolute atomic E-state index is 13.2. The number of carbonyl (C=O) groups excluding carboxylic acids is 1. The number of carbonyl (C=O) groups is 1. The van der Waals surface area contributed by atoms with E-state index in [0.29, 0.717) is 5.56 Å². The first-order chi connectivity index (χ1) is 14.8. The Kier molecular flexibility index (Phi) is 5.68. The van der Waals surface area contributed by atoms with Gasteiger partial charge in [-0.05, 0) is 35.9 Å². The predicted molar refractivity (Wildman–Crippen MR) is 103 cm³/mol. The monoisotopic (exact) mass is 451 g/mol. The van der Waals surface area contributed by atoms with Crippen LogP contribution in [0.15, 0.2) is 62.8 Å². The van der Waals surface area contributed by atoms with Gasteiger partial charge in [-0.15, -0.1) is 0 Å². The van der Waals surface area contributed by atoms with Crippen LogP contribution < -0.4 is 5.32 Å². The second-order valence-electron chi connectivity index (χ2n) is 6.36. The molecule has 0 aliphatic carbocycles. The van der Waals surface area contributed by atoms with Crippen molar-refractivity contribution >= 4 is 28.9 Å². The minimum absolute atomic E-state index is 0.00781. The van der Waals surface area contributed by atoms with Crippen LogP contribution in [0.5, 0.6) is 0 Å². The lowest BCUT2D eigenvalue weighted by molar-refractivity contribution is -0.141. The zero-order valence-corrected chi connectivity index (χ0v) is 16.4. The van der Waals surface area contributed by atoms with Gasteiger partial charge < -0.3 is 14.2 Å². The van der Waals surface area contributed by atoms with Crippen LogP contribution in [0, 0.1) is 5.82 Å². The molecule has 1 amide bonds. The van der Waals surface area contributed by atoms with Crippen molar-refractivity contribution in [3.8, 4) is 11.3 Å². The van der Waals surface area contributed by atoms with Crippen LogP contribution in [-0.4, -0.2) is 21.6 Å². The van der Waals surface area contributed by atoms with E-state index in [9.17, 15) is 22.4 Å². The van der Waals surface area contributed by atoms with Gasteiger partial charge in [-0.1, -0.05) is 23.9 Å². The molecule has 3 aromatic heterocycles. The molecule has 3 heterocycles. The molecule has 0 saturated heterocycles. The third-order valence-electron chi connectivity index (χ3n) is 4.15. The predicted octanol–water partition coefficient (Wildman–Crippen LogP) is 5.05. The van der Waals surface area contributed by atoms with E-state index in [0.717, 1.165) is 17.8 Å². The summed E-state index contributed by atoms with van der Waals surface area (Å²) in [5.41, 5.74) is -0.559. The number of aromatic nitrogens is 2. The third-order valence-corrected chi connectivity index (χ3v) is 4.98.